The monoisotopic (exact) mass is 375 g/mol. The molecule has 26 heavy (non-hydrogen) atoms. The summed E-state index contributed by atoms with van der Waals surface area (Å²) >= 11 is 1.70. The Hall–Kier alpha value is -2.25. The fourth-order valence-corrected chi connectivity index (χ4v) is 4.05. The highest BCUT2D eigenvalue weighted by atomic mass is 32.1. The van der Waals surface area contributed by atoms with Crippen molar-refractivity contribution in [2.24, 2.45) is 0 Å². The molecule has 0 N–H and O–H groups in total. The number of thiophene rings is 1. The standard InChI is InChI=1S/C19H16F3N3S/c20-19(21,22)18-23-9-15-10-25(7-6-17(15)24-18)11-16-8-14(12-26-16)13-4-2-1-3-5-13/h1-5,8-9,12H,6-7,10-11H2. The van der Waals surface area contributed by atoms with E-state index in [1.807, 2.05) is 18.2 Å². The lowest BCUT2D eigenvalue weighted by molar-refractivity contribution is -0.145. The summed E-state index contributed by atoms with van der Waals surface area (Å²) in [6.45, 7) is 2.05. The van der Waals surface area contributed by atoms with Crippen molar-refractivity contribution in [1.82, 2.24) is 14.9 Å². The van der Waals surface area contributed by atoms with Gasteiger partial charge >= 0.3 is 6.18 Å². The summed E-state index contributed by atoms with van der Waals surface area (Å²) in [6, 6.07) is 12.4. The molecule has 134 valence electrons. The van der Waals surface area contributed by atoms with Crippen molar-refractivity contribution < 1.29 is 13.2 Å². The molecule has 1 aromatic carbocycles. The van der Waals surface area contributed by atoms with Gasteiger partial charge in [-0.15, -0.1) is 11.3 Å². The molecule has 0 radical (unpaired) electrons. The maximum atomic E-state index is 12.7. The number of nitrogens with zero attached hydrogens (tertiary/aromatic N) is 3. The average molecular weight is 375 g/mol. The second kappa shape index (κ2) is 6.81. The maximum Gasteiger partial charge on any atom is 0.451 e. The second-order valence-electron chi connectivity index (χ2n) is 6.29. The van der Waals surface area contributed by atoms with Gasteiger partial charge in [-0.3, -0.25) is 4.90 Å². The summed E-state index contributed by atoms with van der Waals surface area (Å²) < 4.78 is 38.2. The molecule has 3 nitrogen and oxygen atoms in total. The normalized spacial score (nSPS) is 15.0. The molecular weight excluding hydrogens is 359 g/mol. The molecular formula is C19H16F3N3S. The molecule has 1 aliphatic rings. The fourth-order valence-electron chi connectivity index (χ4n) is 3.11. The zero-order valence-corrected chi connectivity index (χ0v) is 14.6. The number of alkyl halides is 3. The van der Waals surface area contributed by atoms with Crippen molar-refractivity contribution in [3.8, 4) is 11.1 Å². The minimum atomic E-state index is -4.49. The van der Waals surface area contributed by atoms with Gasteiger partial charge in [0.1, 0.15) is 0 Å². The molecule has 0 saturated carbocycles. The third-order valence-electron chi connectivity index (χ3n) is 4.41. The Morgan fingerprint density at radius 1 is 1.12 bits per heavy atom. The van der Waals surface area contributed by atoms with Crippen LogP contribution in [0.15, 0.2) is 48.0 Å². The van der Waals surface area contributed by atoms with Crippen molar-refractivity contribution in [2.45, 2.75) is 25.7 Å². The van der Waals surface area contributed by atoms with E-state index in [4.69, 9.17) is 0 Å². The largest absolute Gasteiger partial charge is 0.451 e. The van der Waals surface area contributed by atoms with E-state index in [2.05, 4.69) is 38.4 Å². The highest BCUT2D eigenvalue weighted by Crippen LogP contribution is 2.29. The van der Waals surface area contributed by atoms with E-state index in [1.165, 1.54) is 22.2 Å². The second-order valence-corrected chi connectivity index (χ2v) is 7.29. The molecule has 0 fully saturated rings. The van der Waals surface area contributed by atoms with Gasteiger partial charge in [0, 0.05) is 42.7 Å². The zero-order valence-electron chi connectivity index (χ0n) is 13.8. The van der Waals surface area contributed by atoms with Gasteiger partial charge in [0.25, 0.3) is 0 Å². The lowest BCUT2D eigenvalue weighted by Crippen LogP contribution is -2.31. The topological polar surface area (TPSA) is 29.0 Å². The zero-order chi connectivity index (χ0) is 18.1. The number of hydrogen-bond acceptors (Lipinski definition) is 4. The van der Waals surface area contributed by atoms with Gasteiger partial charge in [0.2, 0.25) is 5.82 Å². The Labute approximate surface area is 153 Å². The summed E-state index contributed by atoms with van der Waals surface area (Å²) in [4.78, 5) is 10.7. The first-order chi connectivity index (χ1) is 12.5. The van der Waals surface area contributed by atoms with Gasteiger partial charge in [0.15, 0.2) is 0 Å². The Balaban J connectivity index is 1.46. The van der Waals surface area contributed by atoms with Crippen LogP contribution in [0.2, 0.25) is 0 Å². The van der Waals surface area contributed by atoms with Crippen LogP contribution in [-0.2, 0) is 25.7 Å². The molecule has 0 atom stereocenters. The van der Waals surface area contributed by atoms with Crippen LogP contribution in [0.3, 0.4) is 0 Å². The van der Waals surface area contributed by atoms with Crippen LogP contribution in [0.1, 0.15) is 22.0 Å². The quantitative estimate of drug-likeness (QED) is 0.660. The highest BCUT2D eigenvalue weighted by Gasteiger charge is 2.35. The van der Waals surface area contributed by atoms with E-state index >= 15 is 0 Å². The van der Waals surface area contributed by atoms with Crippen molar-refractivity contribution in [2.75, 3.05) is 6.54 Å². The van der Waals surface area contributed by atoms with E-state index in [-0.39, 0.29) is 0 Å². The van der Waals surface area contributed by atoms with Crippen molar-refractivity contribution in [3.63, 3.8) is 0 Å². The molecule has 0 spiro atoms. The molecule has 2 aromatic heterocycles. The minimum absolute atomic E-state index is 0.512. The Kier molecular flexibility index (Phi) is 4.50. The number of fused-ring (bicyclic) bond motifs is 1. The third kappa shape index (κ3) is 3.64. The molecule has 0 unspecified atom stereocenters. The summed E-state index contributed by atoms with van der Waals surface area (Å²) in [5.41, 5.74) is 3.68. The molecule has 7 heteroatoms. The Morgan fingerprint density at radius 2 is 1.92 bits per heavy atom. The van der Waals surface area contributed by atoms with Gasteiger partial charge in [-0.25, -0.2) is 9.97 Å². The van der Waals surface area contributed by atoms with Crippen LogP contribution in [0.4, 0.5) is 13.2 Å². The first-order valence-corrected chi connectivity index (χ1v) is 9.14. The molecule has 0 saturated heterocycles. The number of aromatic nitrogens is 2. The fraction of sp³-hybridized carbons (Fsp3) is 0.263. The summed E-state index contributed by atoms with van der Waals surface area (Å²) in [7, 11) is 0. The number of hydrogen-bond donors (Lipinski definition) is 0. The lowest BCUT2D eigenvalue weighted by Gasteiger charge is -2.27. The predicted octanol–water partition coefficient (Wildman–Crippen LogP) is 4.78. The SMILES string of the molecule is FC(F)(F)c1ncc2c(n1)CCN(Cc1cc(-c3ccccc3)cs1)C2. The van der Waals surface area contributed by atoms with Gasteiger partial charge in [-0.1, -0.05) is 30.3 Å². The Bertz CT molecular complexity index is 906. The van der Waals surface area contributed by atoms with Crippen LogP contribution in [0.5, 0.6) is 0 Å². The average Bonchev–Trinajstić information content (AvgIpc) is 3.10. The molecule has 0 amide bonds. The van der Waals surface area contributed by atoms with E-state index in [1.54, 1.807) is 11.3 Å². The molecule has 3 heterocycles. The number of benzene rings is 1. The van der Waals surface area contributed by atoms with Crippen LogP contribution in [0.25, 0.3) is 11.1 Å². The van der Waals surface area contributed by atoms with Gasteiger partial charge < -0.3 is 0 Å². The smallest absolute Gasteiger partial charge is 0.293 e. The van der Waals surface area contributed by atoms with Gasteiger partial charge in [-0.05, 0) is 22.6 Å². The molecule has 4 rings (SSSR count). The van der Waals surface area contributed by atoms with Crippen molar-refractivity contribution in [3.05, 3.63) is 69.9 Å². The van der Waals surface area contributed by atoms with Crippen LogP contribution < -0.4 is 0 Å². The number of rotatable bonds is 3. The van der Waals surface area contributed by atoms with Gasteiger partial charge in [-0.2, -0.15) is 13.2 Å². The van der Waals surface area contributed by atoms with E-state index < -0.39 is 12.0 Å². The van der Waals surface area contributed by atoms with Crippen LogP contribution in [-0.4, -0.2) is 21.4 Å². The maximum absolute atomic E-state index is 12.7. The molecule has 3 aromatic rings. The van der Waals surface area contributed by atoms with Crippen LogP contribution in [0, 0.1) is 0 Å². The summed E-state index contributed by atoms with van der Waals surface area (Å²) in [6.07, 6.45) is -2.66. The number of halogens is 3. The highest BCUT2D eigenvalue weighted by molar-refractivity contribution is 7.10. The van der Waals surface area contributed by atoms with E-state index in [0.717, 1.165) is 12.1 Å². The molecule has 1 aliphatic heterocycles. The predicted molar refractivity (Wildman–Crippen MR) is 94.6 cm³/mol. The Morgan fingerprint density at radius 3 is 2.69 bits per heavy atom. The van der Waals surface area contributed by atoms with Crippen molar-refractivity contribution >= 4 is 11.3 Å². The van der Waals surface area contributed by atoms with Crippen molar-refractivity contribution in [1.29, 1.82) is 0 Å². The summed E-state index contributed by atoms with van der Waals surface area (Å²) in [5, 5.41) is 2.14. The molecule has 0 aliphatic carbocycles. The van der Waals surface area contributed by atoms with Crippen LogP contribution >= 0.6 is 11.3 Å². The molecule has 0 bridgehead atoms. The first kappa shape index (κ1) is 17.2. The van der Waals surface area contributed by atoms with E-state index in [0.29, 0.717) is 25.2 Å². The van der Waals surface area contributed by atoms with Gasteiger partial charge in [0.05, 0.1) is 5.69 Å². The minimum Gasteiger partial charge on any atom is -0.293 e. The third-order valence-corrected chi connectivity index (χ3v) is 5.33. The van der Waals surface area contributed by atoms with E-state index in [9.17, 15) is 13.2 Å². The summed E-state index contributed by atoms with van der Waals surface area (Å²) in [5.74, 6) is -1.05. The first-order valence-electron chi connectivity index (χ1n) is 8.26. The lowest BCUT2D eigenvalue weighted by atomic mass is 10.1.